The van der Waals surface area contributed by atoms with Crippen LogP contribution in [0.1, 0.15) is 29.4 Å². The van der Waals surface area contributed by atoms with E-state index in [0.717, 1.165) is 28.2 Å². The Labute approximate surface area is 163 Å². The molecule has 1 amide bonds. The third kappa shape index (κ3) is 3.30. The van der Waals surface area contributed by atoms with E-state index in [-0.39, 0.29) is 11.5 Å². The molecule has 2 aromatic rings. The first-order chi connectivity index (χ1) is 12.7. The van der Waals surface area contributed by atoms with Gasteiger partial charge in [-0.15, -0.1) is 0 Å². The number of nitrogens with one attached hydrogen (secondary N) is 1. The van der Waals surface area contributed by atoms with Crippen molar-refractivity contribution >= 4 is 29.6 Å². The van der Waals surface area contributed by atoms with Gasteiger partial charge in [-0.05, 0) is 63.1 Å². The van der Waals surface area contributed by atoms with Gasteiger partial charge in [0.25, 0.3) is 5.91 Å². The number of hydrogen-bond donors (Lipinski definition) is 1. The lowest BCUT2D eigenvalue weighted by molar-refractivity contribution is -0.136. The molecule has 0 radical (unpaired) electrons. The second-order valence-corrected chi connectivity index (χ2v) is 7.03. The summed E-state index contributed by atoms with van der Waals surface area (Å²) in [6, 6.07) is 7.73. The van der Waals surface area contributed by atoms with Gasteiger partial charge in [-0.3, -0.25) is 4.79 Å². The molecule has 1 aromatic heterocycles. The molecule has 0 saturated heterocycles. The number of aromatic nitrogens is 1. The highest BCUT2D eigenvalue weighted by Gasteiger charge is 2.31. The van der Waals surface area contributed by atoms with Gasteiger partial charge in [-0.1, -0.05) is 17.7 Å². The van der Waals surface area contributed by atoms with Crippen LogP contribution in [0.4, 0.5) is 0 Å². The molecular weight excluding hydrogens is 364 g/mol. The van der Waals surface area contributed by atoms with Crippen LogP contribution in [-0.2, 0) is 14.3 Å². The van der Waals surface area contributed by atoms with Crippen LogP contribution >= 0.6 is 11.6 Å². The van der Waals surface area contributed by atoms with Crippen molar-refractivity contribution in [2.75, 3.05) is 7.11 Å². The molecule has 140 valence electrons. The van der Waals surface area contributed by atoms with Crippen molar-refractivity contribution < 1.29 is 14.3 Å². The third-order valence-corrected chi connectivity index (χ3v) is 5.00. The van der Waals surface area contributed by atoms with Gasteiger partial charge in [0.2, 0.25) is 0 Å². The number of amides is 1. The Morgan fingerprint density at radius 1 is 1.19 bits per heavy atom. The Hall–Kier alpha value is -2.79. The number of benzene rings is 1. The highest BCUT2D eigenvalue weighted by Crippen LogP contribution is 2.30. The first-order valence-corrected chi connectivity index (χ1v) is 8.90. The Morgan fingerprint density at radius 2 is 1.89 bits per heavy atom. The average Bonchev–Trinajstić information content (AvgIpc) is 3.05. The van der Waals surface area contributed by atoms with Crippen molar-refractivity contribution in [1.29, 1.82) is 0 Å². The number of aryl methyl sites for hydroxylation is 2. The molecular formula is C21H21ClN2O3. The van der Waals surface area contributed by atoms with Crippen molar-refractivity contribution in [1.82, 2.24) is 9.88 Å². The first-order valence-electron chi connectivity index (χ1n) is 8.52. The predicted molar refractivity (Wildman–Crippen MR) is 106 cm³/mol. The van der Waals surface area contributed by atoms with Crippen LogP contribution in [0.25, 0.3) is 11.8 Å². The highest BCUT2D eigenvalue weighted by molar-refractivity contribution is 6.30. The lowest BCUT2D eigenvalue weighted by Gasteiger charge is -2.13. The number of halogens is 1. The molecule has 6 heteroatoms. The summed E-state index contributed by atoms with van der Waals surface area (Å²) >= 11 is 6.19. The van der Waals surface area contributed by atoms with Crippen LogP contribution in [0.5, 0.6) is 0 Å². The van der Waals surface area contributed by atoms with Crippen LogP contribution in [0.3, 0.4) is 0 Å². The normalized spacial score (nSPS) is 15.5. The number of nitrogens with zero attached hydrogens (tertiary/aromatic N) is 1. The number of carbonyl (C=O) groups is 2. The Balaban J connectivity index is 2.15. The number of ether oxygens (including phenoxy) is 1. The molecule has 27 heavy (non-hydrogen) atoms. The lowest BCUT2D eigenvalue weighted by atomic mass is 10.0. The average molecular weight is 385 g/mol. The first kappa shape index (κ1) is 19.0. The molecule has 0 spiro atoms. The van der Waals surface area contributed by atoms with E-state index >= 15 is 0 Å². The van der Waals surface area contributed by atoms with Gasteiger partial charge in [0, 0.05) is 27.8 Å². The summed E-state index contributed by atoms with van der Waals surface area (Å²) in [6.45, 7) is 7.67. The molecule has 1 aliphatic rings. The lowest BCUT2D eigenvalue weighted by Crippen LogP contribution is -2.15. The third-order valence-electron chi connectivity index (χ3n) is 4.76. The molecule has 2 heterocycles. The monoisotopic (exact) mass is 384 g/mol. The van der Waals surface area contributed by atoms with E-state index in [1.165, 1.54) is 7.11 Å². The molecule has 0 aliphatic carbocycles. The summed E-state index contributed by atoms with van der Waals surface area (Å²) in [4.78, 5) is 24.4. The van der Waals surface area contributed by atoms with Crippen LogP contribution in [0, 0.1) is 20.8 Å². The largest absolute Gasteiger partial charge is 0.465 e. The van der Waals surface area contributed by atoms with E-state index in [4.69, 9.17) is 16.3 Å². The van der Waals surface area contributed by atoms with Crippen molar-refractivity contribution in [2.45, 2.75) is 27.7 Å². The van der Waals surface area contributed by atoms with E-state index in [0.29, 0.717) is 16.3 Å². The molecule has 0 unspecified atom stereocenters. The van der Waals surface area contributed by atoms with Crippen LogP contribution < -0.4 is 5.32 Å². The number of carbonyl (C=O) groups excluding carboxylic acids is 2. The fourth-order valence-corrected chi connectivity index (χ4v) is 3.57. The van der Waals surface area contributed by atoms with Crippen LogP contribution in [0.2, 0.25) is 5.02 Å². The fourth-order valence-electron chi connectivity index (χ4n) is 3.40. The summed E-state index contributed by atoms with van der Waals surface area (Å²) in [5.41, 5.74) is 5.96. The van der Waals surface area contributed by atoms with Gasteiger partial charge in [0.15, 0.2) is 0 Å². The second-order valence-electron chi connectivity index (χ2n) is 6.60. The SMILES string of the molecule is COC(=O)C1=C(C)NC(=O)/C1=C\c1cc(C)n(-c2cc(Cl)ccc2C)c1C. The predicted octanol–water partition coefficient (Wildman–Crippen LogP) is 4.02. The maximum absolute atomic E-state index is 12.3. The van der Waals surface area contributed by atoms with E-state index < -0.39 is 5.97 Å². The maximum Gasteiger partial charge on any atom is 0.340 e. The highest BCUT2D eigenvalue weighted by atomic mass is 35.5. The number of allylic oxidation sites excluding steroid dienone is 1. The summed E-state index contributed by atoms with van der Waals surface area (Å²) in [5, 5.41) is 3.35. The van der Waals surface area contributed by atoms with Gasteiger partial charge in [0.1, 0.15) is 0 Å². The molecule has 3 rings (SSSR count). The number of hydrogen-bond acceptors (Lipinski definition) is 3. The quantitative estimate of drug-likeness (QED) is 0.642. The van der Waals surface area contributed by atoms with E-state index in [2.05, 4.69) is 9.88 Å². The molecule has 0 fully saturated rings. The molecule has 1 N–H and O–H groups in total. The standard InChI is InChI=1S/C21H21ClN2O3/c1-11-6-7-16(22)10-18(11)24-12(2)8-15(14(24)4)9-17-19(21(26)27-5)13(3)23-20(17)25/h6-10H,1-5H3,(H,23,25)/b17-9-. The van der Waals surface area contributed by atoms with Crippen molar-refractivity contribution in [2.24, 2.45) is 0 Å². The number of rotatable bonds is 3. The Bertz CT molecular complexity index is 1030. The maximum atomic E-state index is 12.3. The van der Waals surface area contributed by atoms with E-state index in [9.17, 15) is 9.59 Å². The Kier molecular flexibility index (Phi) is 4.98. The molecule has 1 aliphatic heterocycles. The van der Waals surface area contributed by atoms with Gasteiger partial charge in [0.05, 0.1) is 18.3 Å². The van der Waals surface area contributed by atoms with Crippen LogP contribution in [-0.4, -0.2) is 23.6 Å². The zero-order chi connectivity index (χ0) is 19.9. The van der Waals surface area contributed by atoms with Crippen molar-refractivity contribution in [3.8, 4) is 5.69 Å². The summed E-state index contributed by atoms with van der Waals surface area (Å²) in [5.74, 6) is -0.840. The molecule has 0 atom stereocenters. The second kappa shape index (κ2) is 7.08. The smallest absolute Gasteiger partial charge is 0.340 e. The van der Waals surface area contributed by atoms with E-state index in [1.54, 1.807) is 13.0 Å². The van der Waals surface area contributed by atoms with Gasteiger partial charge in [-0.25, -0.2) is 4.79 Å². The molecule has 1 aromatic carbocycles. The van der Waals surface area contributed by atoms with Crippen LogP contribution in [0.15, 0.2) is 41.1 Å². The fraction of sp³-hybridized carbons (Fsp3) is 0.238. The van der Waals surface area contributed by atoms with Gasteiger partial charge < -0.3 is 14.6 Å². The van der Waals surface area contributed by atoms with E-state index in [1.807, 2.05) is 45.0 Å². The Morgan fingerprint density at radius 3 is 2.56 bits per heavy atom. The minimum absolute atomic E-state index is 0.270. The summed E-state index contributed by atoms with van der Waals surface area (Å²) in [7, 11) is 1.30. The molecule has 0 saturated carbocycles. The van der Waals surface area contributed by atoms with Crippen molar-refractivity contribution in [3.05, 3.63) is 68.6 Å². The van der Waals surface area contributed by atoms with Crippen molar-refractivity contribution in [3.63, 3.8) is 0 Å². The molecule has 0 bridgehead atoms. The number of esters is 1. The minimum Gasteiger partial charge on any atom is -0.465 e. The zero-order valence-corrected chi connectivity index (χ0v) is 16.7. The number of methoxy groups -OCH3 is 1. The summed E-state index contributed by atoms with van der Waals surface area (Å²) in [6.07, 6.45) is 1.73. The van der Waals surface area contributed by atoms with Gasteiger partial charge in [-0.2, -0.15) is 0 Å². The zero-order valence-electron chi connectivity index (χ0n) is 15.9. The molecule has 5 nitrogen and oxygen atoms in total. The summed E-state index contributed by atoms with van der Waals surface area (Å²) < 4.78 is 6.92. The minimum atomic E-state index is -0.531. The topological polar surface area (TPSA) is 60.3 Å². The van der Waals surface area contributed by atoms with Gasteiger partial charge >= 0.3 is 5.97 Å².